The van der Waals surface area contributed by atoms with E-state index in [-0.39, 0.29) is 0 Å². The van der Waals surface area contributed by atoms with Crippen molar-refractivity contribution in [3.05, 3.63) is 22.7 Å². The third-order valence-electron chi connectivity index (χ3n) is 4.11. The van der Waals surface area contributed by atoms with Crippen molar-refractivity contribution < 1.29 is 8.42 Å². The number of nitrogens with two attached hydrogens (primary N) is 1. The maximum Gasteiger partial charge on any atom is 0.243 e. The molecule has 0 saturated carbocycles. The highest BCUT2D eigenvalue weighted by molar-refractivity contribution is 9.10. The van der Waals surface area contributed by atoms with Gasteiger partial charge in [-0.25, -0.2) is 8.42 Å². The van der Waals surface area contributed by atoms with E-state index < -0.39 is 10.0 Å². The van der Waals surface area contributed by atoms with E-state index >= 15 is 0 Å². The molecule has 1 fully saturated rings. The molecule has 1 saturated heterocycles. The monoisotopic (exact) mass is 374 g/mol. The summed E-state index contributed by atoms with van der Waals surface area (Å²) in [4.78, 5) is 0.317. The molecule has 21 heavy (non-hydrogen) atoms. The first-order valence-electron chi connectivity index (χ1n) is 7.50. The lowest BCUT2D eigenvalue weighted by Crippen LogP contribution is -2.32. The summed E-state index contributed by atoms with van der Waals surface area (Å²) in [5.41, 5.74) is 6.28. The first-order valence-corrected chi connectivity index (χ1v) is 9.73. The van der Waals surface area contributed by atoms with Crippen molar-refractivity contribution in [3.8, 4) is 0 Å². The molecule has 1 aliphatic heterocycles. The summed E-state index contributed by atoms with van der Waals surface area (Å²) in [5.74, 6) is 0.661. The lowest BCUT2D eigenvalue weighted by atomic mass is 9.96. The summed E-state index contributed by atoms with van der Waals surface area (Å²) in [6.07, 6.45) is 5.40. The minimum Gasteiger partial charge on any atom is -0.398 e. The van der Waals surface area contributed by atoms with Gasteiger partial charge in [-0.1, -0.05) is 19.8 Å². The summed E-state index contributed by atoms with van der Waals surface area (Å²) in [5, 5.41) is 0. The fraction of sp³-hybridized carbons (Fsp3) is 0.600. The number of hydrogen-bond donors (Lipinski definition) is 1. The molecular formula is C15H23BrN2O2S. The van der Waals surface area contributed by atoms with Crippen molar-refractivity contribution in [2.75, 3.05) is 18.8 Å². The molecule has 1 atom stereocenters. The van der Waals surface area contributed by atoms with Crippen LogP contribution in [0.4, 0.5) is 5.69 Å². The number of anilines is 1. The summed E-state index contributed by atoms with van der Waals surface area (Å²) in [6.45, 7) is 3.42. The van der Waals surface area contributed by atoms with Crippen molar-refractivity contribution in [2.24, 2.45) is 5.92 Å². The van der Waals surface area contributed by atoms with Gasteiger partial charge in [-0.3, -0.25) is 0 Å². The predicted molar refractivity (Wildman–Crippen MR) is 89.6 cm³/mol. The average Bonchev–Trinajstić information content (AvgIpc) is 2.68. The molecule has 4 nitrogen and oxygen atoms in total. The molecule has 118 valence electrons. The van der Waals surface area contributed by atoms with Crippen LogP contribution >= 0.6 is 15.9 Å². The fourth-order valence-corrected chi connectivity index (χ4v) is 4.94. The molecule has 0 spiro atoms. The van der Waals surface area contributed by atoms with Crippen LogP contribution in [0.2, 0.25) is 0 Å². The Hall–Kier alpha value is -0.590. The maximum atomic E-state index is 12.7. The predicted octanol–water partition coefficient (Wildman–Crippen LogP) is 3.62. The molecule has 1 aromatic rings. The highest BCUT2D eigenvalue weighted by atomic mass is 79.9. The van der Waals surface area contributed by atoms with Crippen LogP contribution in [0.25, 0.3) is 0 Å². The van der Waals surface area contributed by atoms with Gasteiger partial charge in [0.2, 0.25) is 10.0 Å². The van der Waals surface area contributed by atoms with E-state index in [4.69, 9.17) is 5.73 Å². The van der Waals surface area contributed by atoms with Gasteiger partial charge in [0.1, 0.15) is 0 Å². The van der Waals surface area contributed by atoms with Gasteiger partial charge in [0.25, 0.3) is 0 Å². The minimum absolute atomic E-state index is 0.317. The Balaban J connectivity index is 2.17. The molecule has 2 rings (SSSR count). The molecule has 6 heteroatoms. The highest BCUT2D eigenvalue weighted by Crippen LogP contribution is 2.28. The van der Waals surface area contributed by atoms with E-state index in [0.29, 0.717) is 34.1 Å². The van der Waals surface area contributed by atoms with E-state index in [9.17, 15) is 8.42 Å². The summed E-state index contributed by atoms with van der Waals surface area (Å²) >= 11 is 3.30. The number of nitrogens with zero attached hydrogens (tertiary/aromatic N) is 1. The molecule has 0 aliphatic carbocycles. The number of halogens is 1. The van der Waals surface area contributed by atoms with Gasteiger partial charge in [-0.2, -0.15) is 4.31 Å². The number of nitrogen functional groups attached to an aromatic ring is 1. The third kappa shape index (κ3) is 3.99. The van der Waals surface area contributed by atoms with Crippen LogP contribution in [0.15, 0.2) is 27.6 Å². The van der Waals surface area contributed by atoms with Crippen molar-refractivity contribution in [1.82, 2.24) is 4.31 Å². The molecular weight excluding hydrogens is 352 g/mol. The number of hydrogen-bond acceptors (Lipinski definition) is 3. The van der Waals surface area contributed by atoms with Crippen LogP contribution in [-0.2, 0) is 10.0 Å². The van der Waals surface area contributed by atoms with Gasteiger partial charge in [0.05, 0.1) is 4.90 Å². The molecule has 0 bridgehead atoms. The Bertz CT molecular complexity index is 589. The van der Waals surface area contributed by atoms with Gasteiger partial charge in [-0.15, -0.1) is 0 Å². The Morgan fingerprint density at radius 3 is 2.76 bits per heavy atom. The molecule has 1 aromatic carbocycles. The molecule has 2 N–H and O–H groups in total. The van der Waals surface area contributed by atoms with Crippen molar-refractivity contribution in [2.45, 2.75) is 43.9 Å². The normalized spacial score (nSPS) is 21.1. The van der Waals surface area contributed by atoms with E-state index in [1.165, 1.54) is 12.8 Å². The zero-order valence-electron chi connectivity index (χ0n) is 12.4. The van der Waals surface area contributed by atoms with Gasteiger partial charge in [-0.05, 0) is 59.3 Å². The van der Waals surface area contributed by atoms with E-state index in [0.717, 1.165) is 19.3 Å². The number of benzene rings is 1. The molecule has 1 heterocycles. The summed E-state index contributed by atoms with van der Waals surface area (Å²) < 4.78 is 27.7. The molecule has 1 aliphatic rings. The Kier molecular flexibility index (Phi) is 5.68. The zero-order chi connectivity index (χ0) is 15.5. The van der Waals surface area contributed by atoms with Crippen molar-refractivity contribution >= 4 is 31.6 Å². The molecule has 0 amide bonds. The SMILES string of the molecule is CCCC1CCCN(S(=O)(=O)c2ccc(N)c(Br)c2)CC1. The van der Waals surface area contributed by atoms with Crippen LogP contribution in [0.5, 0.6) is 0 Å². The molecule has 0 aromatic heterocycles. The first kappa shape index (κ1) is 16.8. The van der Waals surface area contributed by atoms with Crippen molar-refractivity contribution in [1.29, 1.82) is 0 Å². The van der Waals surface area contributed by atoms with Crippen LogP contribution in [0, 0.1) is 5.92 Å². The van der Waals surface area contributed by atoms with Gasteiger partial charge in [0, 0.05) is 23.2 Å². The van der Waals surface area contributed by atoms with Gasteiger partial charge >= 0.3 is 0 Å². The first-order chi connectivity index (χ1) is 9.95. The Labute approximate surface area is 135 Å². The van der Waals surface area contributed by atoms with E-state index in [1.54, 1.807) is 22.5 Å². The van der Waals surface area contributed by atoms with Gasteiger partial charge < -0.3 is 5.73 Å². The fourth-order valence-electron chi connectivity index (χ4n) is 2.89. The maximum absolute atomic E-state index is 12.7. The second-order valence-electron chi connectivity index (χ2n) is 5.67. The average molecular weight is 375 g/mol. The largest absolute Gasteiger partial charge is 0.398 e. The second kappa shape index (κ2) is 7.11. The molecule has 0 radical (unpaired) electrons. The van der Waals surface area contributed by atoms with Crippen molar-refractivity contribution in [3.63, 3.8) is 0 Å². The lowest BCUT2D eigenvalue weighted by molar-refractivity contribution is 0.400. The summed E-state index contributed by atoms with van der Waals surface area (Å²) in [7, 11) is -3.42. The smallest absolute Gasteiger partial charge is 0.243 e. The van der Waals surface area contributed by atoms with Gasteiger partial charge in [0.15, 0.2) is 0 Å². The number of sulfonamides is 1. The highest BCUT2D eigenvalue weighted by Gasteiger charge is 2.27. The van der Waals surface area contributed by atoms with Crippen LogP contribution in [0.1, 0.15) is 39.0 Å². The Morgan fingerprint density at radius 1 is 1.33 bits per heavy atom. The standard InChI is InChI=1S/C15H23BrN2O2S/c1-2-4-12-5-3-9-18(10-8-12)21(19,20)13-6-7-15(17)14(16)11-13/h6-7,11-12H,2-5,8-10,17H2,1H3. The third-order valence-corrected chi connectivity index (χ3v) is 6.69. The number of rotatable bonds is 4. The van der Waals surface area contributed by atoms with Crippen LogP contribution in [-0.4, -0.2) is 25.8 Å². The summed E-state index contributed by atoms with van der Waals surface area (Å²) in [6, 6.07) is 4.82. The molecule has 1 unspecified atom stereocenters. The minimum atomic E-state index is -3.42. The van der Waals surface area contributed by atoms with Crippen LogP contribution in [0.3, 0.4) is 0 Å². The second-order valence-corrected chi connectivity index (χ2v) is 8.47. The van der Waals surface area contributed by atoms with E-state index in [2.05, 4.69) is 22.9 Å². The topological polar surface area (TPSA) is 63.4 Å². The van der Waals surface area contributed by atoms with E-state index in [1.807, 2.05) is 0 Å². The quantitative estimate of drug-likeness (QED) is 0.818. The van der Waals surface area contributed by atoms with Crippen LogP contribution < -0.4 is 5.73 Å². The zero-order valence-corrected chi connectivity index (χ0v) is 14.8. The lowest BCUT2D eigenvalue weighted by Gasteiger charge is -2.20. The Morgan fingerprint density at radius 2 is 2.10 bits per heavy atom.